The Bertz CT molecular complexity index is 404. The van der Waals surface area contributed by atoms with Crippen molar-refractivity contribution in [2.75, 3.05) is 14.2 Å². The molecule has 1 rings (SSSR count). The molecule has 15 heavy (non-hydrogen) atoms. The Hall–Kier alpha value is -1.55. The molecule has 1 aromatic heterocycles. The molecule has 1 heterocycles. The van der Waals surface area contributed by atoms with E-state index >= 15 is 0 Å². The molecule has 1 aromatic rings. The highest BCUT2D eigenvalue weighted by Crippen LogP contribution is 2.19. The minimum Gasteiger partial charge on any atom is -0.497 e. The fraction of sp³-hybridized carbons (Fsp3) is 0.200. The lowest BCUT2D eigenvalue weighted by atomic mass is 10.1. The summed E-state index contributed by atoms with van der Waals surface area (Å²) in [7, 11) is 2.72. The summed E-state index contributed by atoms with van der Waals surface area (Å²) >= 11 is 5.68. The van der Waals surface area contributed by atoms with Gasteiger partial charge in [-0.1, -0.05) is 18.2 Å². The number of esters is 1. The number of ether oxygens (including phenoxy) is 2. The molecule has 0 bridgehead atoms. The van der Waals surface area contributed by atoms with E-state index < -0.39 is 5.97 Å². The first kappa shape index (κ1) is 11.5. The summed E-state index contributed by atoms with van der Waals surface area (Å²) < 4.78 is 9.50. The zero-order valence-electron chi connectivity index (χ0n) is 8.41. The van der Waals surface area contributed by atoms with Crippen LogP contribution in [0.4, 0.5) is 0 Å². The van der Waals surface area contributed by atoms with Gasteiger partial charge in [-0.05, 0) is 12.1 Å². The summed E-state index contributed by atoms with van der Waals surface area (Å²) in [5, 5.41) is 0.211. The number of hydrogen-bond acceptors (Lipinski definition) is 4. The Morgan fingerprint density at radius 1 is 1.40 bits per heavy atom. The van der Waals surface area contributed by atoms with Gasteiger partial charge < -0.3 is 9.47 Å². The highest BCUT2D eigenvalue weighted by molar-refractivity contribution is 6.29. The Kier molecular flexibility index (Phi) is 3.68. The quantitative estimate of drug-likeness (QED) is 0.451. The van der Waals surface area contributed by atoms with Crippen molar-refractivity contribution >= 4 is 23.3 Å². The zero-order valence-corrected chi connectivity index (χ0v) is 9.17. The standard InChI is InChI=1S/C10H10ClNO3/c1-6(14-2)7-4-5-8(11)12-9(7)10(13)15-3/h4-5H,1H2,2-3H3. The molecule has 0 N–H and O–H groups in total. The number of methoxy groups -OCH3 is 2. The van der Waals surface area contributed by atoms with Crippen LogP contribution in [-0.2, 0) is 9.47 Å². The summed E-state index contributed by atoms with van der Waals surface area (Å²) in [4.78, 5) is 15.2. The molecule has 0 aliphatic carbocycles. The summed E-state index contributed by atoms with van der Waals surface area (Å²) in [6.45, 7) is 3.64. The fourth-order valence-corrected chi connectivity index (χ4v) is 1.17. The van der Waals surface area contributed by atoms with Gasteiger partial charge in [0.25, 0.3) is 0 Å². The van der Waals surface area contributed by atoms with E-state index in [9.17, 15) is 4.79 Å². The largest absolute Gasteiger partial charge is 0.497 e. The van der Waals surface area contributed by atoms with Crippen molar-refractivity contribution in [3.05, 3.63) is 35.1 Å². The molecule has 0 aliphatic rings. The second-order valence-electron chi connectivity index (χ2n) is 2.65. The predicted molar refractivity (Wildman–Crippen MR) is 56.6 cm³/mol. The van der Waals surface area contributed by atoms with E-state index in [2.05, 4.69) is 16.3 Å². The van der Waals surface area contributed by atoms with E-state index in [4.69, 9.17) is 16.3 Å². The van der Waals surface area contributed by atoms with Gasteiger partial charge in [-0.2, -0.15) is 0 Å². The molecular formula is C10H10ClNO3. The van der Waals surface area contributed by atoms with Gasteiger partial charge in [-0.3, -0.25) is 0 Å². The molecule has 4 nitrogen and oxygen atoms in total. The molecule has 0 aliphatic heterocycles. The van der Waals surface area contributed by atoms with Crippen molar-refractivity contribution in [3.8, 4) is 0 Å². The van der Waals surface area contributed by atoms with Gasteiger partial charge in [0.05, 0.1) is 14.2 Å². The highest BCUT2D eigenvalue weighted by atomic mass is 35.5. The average molecular weight is 228 g/mol. The van der Waals surface area contributed by atoms with Crippen LogP contribution in [0.3, 0.4) is 0 Å². The molecule has 80 valence electrons. The number of carbonyl (C=O) groups excluding carboxylic acids is 1. The van der Waals surface area contributed by atoms with E-state index in [-0.39, 0.29) is 10.8 Å². The smallest absolute Gasteiger partial charge is 0.357 e. The minimum absolute atomic E-state index is 0.0943. The topological polar surface area (TPSA) is 48.4 Å². The second-order valence-corrected chi connectivity index (χ2v) is 3.04. The van der Waals surface area contributed by atoms with Crippen LogP contribution in [0.2, 0.25) is 5.15 Å². The molecule has 0 unspecified atom stereocenters. The number of halogens is 1. The molecule has 0 atom stereocenters. The van der Waals surface area contributed by atoms with E-state index in [1.165, 1.54) is 14.2 Å². The second kappa shape index (κ2) is 4.79. The third kappa shape index (κ3) is 2.47. The van der Waals surface area contributed by atoms with Gasteiger partial charge in [-0.15, -0.1) is 0 Å². The van der Waals surface area contributed by atoms with Crippen LogP contribution in [0.5, 0.6) is 0 Å². The van der Waals surface area contributed by atoms with Crippen molar-refractivity contribution in [2.45, 2.75) is 0 Å². The Morgan fingerprint density at radius 2 is 2.07 bits per heavy atom. The van der Waals surface area contributed by atoms with Crippen molar-refractivity contribution in [2.24, 2.45) is 0 Å². The van der Waals surface area contributed by atoms with Gasteiger partial charge in [-0.25, -0.2) is 9.78 Å². The lowest BCUT2D eigenvalue weighted by Crippen LogP contribution is -2.08. The van der Waals surface area contributed by atoms with Crippen LogP contribution in [0.1, 0.15) is 16.1 Å². The number of hydrogen-bond donors (Lipinski definition) is 0. The third-order valence-electron chi connectivity index (χ3n) is 1.79. The maximum absolute atomic E-state index is 11.4. The molecule has 0 aromatic carbocycles. The summed E-state index contributed by atoms with van der Waals surface area (Å²) in [6.07, 6.45) is 0. The lowest BCUT2D eigenvalue weighted by Gasteiger charge is -2.08. The van der Waals surface area contributed by atoms with Gasteiger partial charge in [0.2, 0.25) is 0 Å². The Balaban J connectivity index is 3.26. The maximum atomic E-state index is 11.4. The molecule has 0 saturated carbocycles. The van der Waals surface area contributed by atoms with Gasteiger partial charge in [0.15, 0.2) is 5.69 Å². The van der Waals surface area contributed by atoms with E-state index in [1.54, 1.807) is 12.1 Å². The summed E-state index contributed by atoms with van der Waals surface area (Å²) in [5.41, 5.74) is 0.561. The van der Waals surface area contributed by atoms with E-state index in [0.29, 0.717) is 11.3 Å². The van der Waals surface area contributed by atoms with E-state index in [1.807, 2.05) is 0 Å². The molecule has 0 spiro atoms. The number of carbonyl (C=O) groups is 1. The fourth-order valence-electron chi connectivity index (χ4n) is 1.02. The number of aromatic nitrogens is 1. The number of rotatable bonds is 3. The molecule has 0 radical (unpaired) electrons. The molecule has 0 amide bonds. The van der Waals surface area contributed by atoms with Gasteiger partial charge in [0, 0.05) is 5.56 Å². The molecule has 0 saturated heterocycles. The van der Waals surface area contributed by atoms with Crippen LogP contribution in [0, 0.1) is 0 Å². The van der Waals surface area contributed by atoms with Crippen LogP contribution < -0.4 is 0 Å². The van der Waals surface area contributed by atoms with E-state index in [0.717, 1.165) is 0 Å². The van der Waals surface area contributed by atoms with Crippen LogP contribution in [-0.4, -0.2) is 25.2 Å². The van der Waals surface area contributed by atoms with Crippen molar-refractivity contribution < 1.29 is 14.3 Å². The van der Waals surface area contributed by atoms with Crippen LogP contribution >= 0.6 is 11.6 Å². The average Bonchev–Trinajstić information content (AvgIpc) is 2.26. The molecule has 0 fully saturated rings. The molecular weight excluding hydrogens is 218 g/mol. The first-order chi connectivity index (χ1) is 7.10. The Morgan fingerprint density at radius 3 is 2.60 bits per heavy atom. The third-order valence-corrected chi connectivity index (χ3v) is 2.00. The van der Waals surface area contributed by atoms with Crippen molar-refractivity contribution in [3.63, 3.8) is 0 Å². The maximum Gasteiger partial charge on any atom is 0.357 e. The van der Waals surface area contributed by atoms with Crippen LogP contribution in [0.25, 0.3) is 5.76 Å². The summed E-state index contributed by atoms with van der Waals surface area (Å²) in [6, 6.07) is 3.15. The zero-order chi connectivity index (χ0) is 11.4. The predicted octanol–water partition coefficient (Wildman–Crippen LogP) is 2.14. The Labute approximate surface area is 92.5 Å². The first-order valence-electron chi connectivity index (χ1n) is 4.08. The van der Waals surface area contributed by atoms with Crippen LogP contribution in [0.15, 0.2) is 18.7 Å². The highest BCUT2D eigenvalue weighted by Gasteiger charge is 2.16. The van der Waals surface area contributed by atoms with Crippen molar-refractivity contribution in [1.82, 2.24) is 4.98 Å². The van der Waals surface area contributed by atoms with Gasteiger partial charge >= 0.3 is 5.97 Å². The summed E-state index contributed by atoms with van der Waals surface area (Å²) in [5.74, 6) is -0.245. The lowest BCUT2D eigenvalue weighted by molar-refractivity contribution is 0.0593. The first-order valence-corrected chi connectivity index (χ1v) is 4.46. The van der Waals surface area contributed by atoms with Crippen molar-refractivity contribution in [1.29, 1.82) is 0 Å². The minimum atomic E-state index is -0.578. The SMILES string of the molecule is C=C(OC)c1ccc(Cl)nc1C(=O)OC. The molecule has 5 heteroatoms. The number of pyridine rings is 1. The normalized spacial score (nSPS) is 9.53. The van der Waals surface area contributed by atoms with Gasteiger partial charge in [0.1, 0.15) is 10.9 Å². The monoisotopic (exact) mass is 227 g/mol. The number of nitrogens with zero attached hydrogens (tertiary/aromatic N) is 1.